The number of hydrogen-bond donors (Lipinski definition) is 1. The van der Waals surface area contributed by atoms with Crippen LogP contribution in [-0.4, -0.2) is 37.5 Å². The third kappa shape index (κ3) is 5.70. The van der Waals surface area contributed by atoms with Crippen molar-refractivity contribution >= 4 is 21.6 Å². The van der Waals surface area contributed by atoms with Gasteiger partial charge in [-0.15, -0.1) is 0 Å². The molecule has 0 unspecified atom stereocenters. The van der Waals surface area contributed by atoms with E-state index >= 15 is 0 Å². The summed E-state index contributed by atoms with van der Waals surface area (Å²) in [5.41, 5.74) is 4.15. The Kier molecular flexibility index (Phi) is 7.67. The molecule has 1 aliphatic heterocycles. The molecule has 162 valence electrons. The van der Waals surface area contributed by atoms with E-state index < -0.39 is 10.0 Å². The van der Waals surface area contributed by atoms with Crippen LogP contribution in [0.1, 0.15) is 42.9 Å². The summed E-state index contributed by atoms with van der Waals surface area (Å²) in [6, 6.07) is 15.9. The Bertz CT molecular complexity index is 958. The molecule has 3 rings (SSSR count). The van der Waals surface area contributed by atoms with Crippen molar-refractivity contribution in [3.63, 3.8) is 0 Å². The molecule has 1 N–H and O–H groups in total. The van der Waals surface area contributed by atoms with Gasteiger partial charge in [0.25, 0.3) is 0 Å². The molecule has 1 aliphatic rings. The number of rotatable bonds is 8. The lowest BCUT2D eigenvalue weighted by Gasteiger charge is -2.31. The predicted octanol–water partition coefficient (Wildman–Crippen LogP) is 4.17. The number of anilines is 1. The molecule has 0 aromatic heterocycles. The van der Waals surface area contributed by atoms with Crippen molar-refractivity contribution in [3.8, 4) is 0 Å². The van der Waals surface area contributed by atoms with Crippen LogP contribution in [0.25, 0.3) is 0 Å². The van der Waals surface area contributed by atoms with E-state index in [2.05, 4.69) is 12.2 Å². The number of carbonyl (C=O) groups excluding carboxylic acids is 1. The van der Waals surface area contributed by atoms with Crippen molar-refractivity contribution < 1.29 is 13.2 Å². The van der Waals surface area contributed by atoms with Gasteiger partial charge in [0.1, 0.15) is 0 Å². The highest BCUT2D eigenvalue weighted by molar-refractivity contribution is 7.89. The molecule has 0 spiro atoms. The van der Waals surface area contributed by atoms with Crippen molar-refractivity contribution in [1.29, 1.82) is 0 Å². The first-order valence-electron chi connectivity index (χ1n) is 10.8. The number of aryl methyl sites for hydroxylation is 3. The summed E-state index contributed by atoms with van der Waals surface area (Å²) in [6.45, 7) is 4.82. The summed E-state index contributed by atoms with van der Waals surface area (Å²) in [6.07, 6.45) is 3.59. The molecule has 5 nitrogen and oxygen atoms in total. The first-order chi connectivity index (χ1) is 14.4. The number of nitrogens with one attached hydrogen (secondary N) is 1. The highest BCUT2D eigenvalue weighted by atomic mass is 32.2. The fraction of sp³-hybridized carbons (Fsp3) is 0.458. The standard InChI is InChI=1S/C24H32N2O3S/c1-3-21-14-7-10-19(2)23(21)25-24(27)22-15-8-16-26(18-22)30(28,29)17-9-13-20-11-5-4-6-12-20/h4-7,10-12,14,22H,3,8-9,13,15-18H2,1-2H3,(H,25,27)/t22-/m1/s1. The fourth-order valence-electron chi connectivity index (χ4n) is 4.07. The Morgan fingerprint density at radius 3 is 2.63 bits per heavy atom. The number of amides is 1. The normalized spacial score (nSPS) is 17.6. The van der Waals surface area contributed by atoms with E-state index in [4.69, 9.17) is 0 Å². The SMILES string of the molecule is CCc1cccc(C)c1NC(=O)[C@@H]1CCCN(S(=O)(=O)CCCc2ccccc2)C1. The maximum absolute atomic E-state index is 12.9. The maximum atomic E-state index is 12.9. The highest BCUT2D eigenvalue weighted by Crippen LogP contribution is 2.25. The molecule has 30 heavy (non-hydrogen) atoms. The van der Waals surface area contributed by atoms with Crippen molar-refractivity contribution in [2.75, 3.05) is 24.2 Å². The predicted molar refractivity (Wildman–Crippen MR) is 122 cm³/mol. The molecule has 6 heteroatoms. The molecule has 0 saturated carbocycles. The molecule has 0 aliphatic carbocycles. The third-order valence-corrected chi connectivity index (χ3v) is 7.77. The molecular weight excluding hydrogens is 396 g/mol. The minimum atomic E-state index is -3.36. The van der Waals surface area contributed by atoms with Gasteiger partial charge in [-0.3, -0.25) is 4.79 Å². The molecule has 1 amide bonds. The van der Waals surface area contributed by atoms with Crippen LogP contribution in [0, 0.1) is 12.8 Å². The Morgan fingerprint density at radius 1 is 1.13 bits per heavy atom. The third-order valence-electron chi connectivity index (χ3n) is 5.85. The average molecular weight is 429 g/mol. The minimum absolute atomic E-state index is 0.0804. The van der Waals surface area contributed by atoms with Crippen molar-refractivity contribution in [2.24, 2.45) is 5.92 Å². The quantitative estimate of drug-likeness (QED) is 0.686. The highest BCUT2D eigenvalue weighted by Gasteiger charge is 2.32. The first kappa shape index (κ1) is 22.5. The van der Waals surface area contributed by atoms with Gasteiger partial charge in [-0.05, 0) is 55.7 Å². The molecule has 0 bridgehead atoms. The van der Waals surface area contributed by atoms with Gasteiger partial charge >= 0.3 is 0 Å². The van der Waals surface area contributed by atoms with Crippen molar-refractivity contribution in [1.82, 2.24) is 4.31 Å². The van der Waals surface area contributed by atoms with E-state index in [1.807, 2.05) is 55.5 Å². The van der Waals surface area contributed by atoms with Gasteiger partial charge in [0.2, 0.25) is 15.9 Å². The monoisotopic (exact) mass is 428 g/mol. The molecule has 1 saturated heterocycles. The lowest BCUT2D eigenvalue weighted by Crippen LogP contribution is -2.44. The van der Waals surface area contributed by atoms with Gasteiger partial charge in [-0.1, -0.05) is 55.5 Å². The average Bonchev–Trinajstić information content (AvgIpc) is 2.76. The summed E-state index contributed by atoms with van der Waals surface area (Å²) < 4.78 is 27.2. The van der Waals surface area contributed by atoms with Gasteiger partial charge in [0.05, 0.1) is 11.7 Å². The second-order valence-corrected chi connectivity index (χ2v) is 10.1. The molecule has 1 fully saturated rings. The maximum Gasteiger partial charge on any atom is 0.228 e. The van der Waals surface area contributed by atoms with E-state index in [9.17, 15) is 13.2 Å². The number of nitrogens with zero attached hydrogens (tertiary/aromatic N) is 1. The Labute approximate surface area is 180 Å². The number of hydrogen-bond acceptors (Lipinski definition) is 3. The van der Waals surface area contributed by atoms with Crippen LogP contribution in [0.2, 0.25) is 0 Å². The van der Waals surface area contributed by atoms with Gasteiger partial charge in [0, 0.05) is 18.8 Å². The van der Waals surface area contributed by atoms with Crippen LogP contribution >= 0.6 is 0 Å². The molecule has 2 aromatic rings. The van der Waals surface area contributed by atoms with Gasteiger partial charge in [-0.25, -0.2) is 12.7 Å². The minimum Gasteiger partial charge on any atom is -0.325 e. The fourth-order valence-corrected chi connectivity index (χ4v) is 5.65. The Morgan fingerprint density at radius 2 is 1.90 bits per heavy atom. The second-order valence-electron chi connectivity index (χ2n) is 8.05. The van der Waals surface area contributed by atoms with E-state index in [0.29, 0.717) is 19.4 Å². The number of sulfonamides is 1. The smallest absolute Gasteiger partial charge is 0.228 e. The van der Waals surface area contributed by atoms with E-state index in [1.54, 1.807) is 0 Å². The number of piperidine rings is 1. The number of para-hydroxylation sites is 1. The molecule has 1 heterocycles. The zero-order valence-corrected chi connectivity index (χ0v) is 18.7. The molecule has 0 radical (unpaired) electrons. The molecule has 2 aromatic carbocycles. The number of benzene rings is 2. The second kappa shape index (κ2) is 10.2. The van der Waals surface area contributed by atoms with Gasteiger partial charge < -0.3 is 5.32 Å². The van der Waals surface area contributed by atoms with E-state index in [0.717, 1.165) is 41.6 Å². The van der Waals surface area contributed by atoms with Crippen LogP contribution in [0.5, 0.6) is 0 Å². The van der Waals surface area contributed by atoms with Crippen LogP contribution < -0.4 is 5.32 Å². The summed E-state index contributed by atoms with van der Waals surface area (Å²) in [4.78, 5) is 12.9. The molecule has 1 atom stereocenters. The lowest BCUT2D eigenvalue weighted by atomic mass is 9.98. The van der Waals surface area contributed by atoms with Crippen LogP contribution in [0.15, 0.2) is 48.5 Å². The van der Waals surface area contributed by atoms with Gasteiger partial charge in [-0.2, -0.15) is 0 Å². The largest absolute Gasteiger partial charge is 0.325 e. The summed E-state index contributed by atoms with van der Waals surface area (Å²) in [5.74, 6) is -0.274. The van der Waals surface area contributed by atoms with Crippen molar-refractivity contribution in [2.45, 2.75) is 46.0 Å². The van der Waals surface area contributed by atoms with E-state index in [1.165, 1.54) is 4.31 Å². The summed E-state index contributed by atoms with van der Waals surface area (Å²) in [7, 11) is -3.36. The van der Waals surface area contributed by atoms with Crippen LogP contribution in [0.4, 0.5) is 5.69 Å². The summed E-state index contributed by atoms with van der Waals surface area (Å²) >= 11 is 0. The number of carbonyl (C=O) groups is 1. The topological polar surface area (TPSA) is 66.5 Å². The van der Waals surface area contributed by atoms with Crippen LogP contribution in [-0.2, 0) is 27.7 Å². The molecular formula is C24H32N2O3S. The summed E-state index contributed by atoms with van der Waals surface area (Å²) in [5, 5.41) is 3.08. The van der Waals surface area contributed by atoms with Crippen LogP contribution in [0.3, 0.4) is 0 Å². The zero-order valence-electron chi connectivity index (χ0n) is 17.9. The zero-order chi connectivity index (χ0) is 21.6. The first-order valence-corrected chi connectivity index (χ1v) is 12.4. The lowest BCUT2D eigenvalue weighted by molar-refractivity contribution is -0.120. The Balaban J connectivity index is 1.59. The Hall–Kier alpha value is -2.18. The van der Waals surface area contributed by atoms with Gasteiger partial charge in [0.15, 0.2) is 0 Å². The van der Waals surface area contributed by atoms with E-state index in [-0.39, 0.29) is 24.1 Å². The van der Waals surface area contributed by atoms with Crippen molar-refractivity contribution in [3.05, 3.63) is 65.2 Å².